The lowest BCUT2D eigenvalue weighted by Crippen LogP contribution is -2.55. The molecule has 0 aromatic heterocycles. The molecule has 2 saturated heterocycles. The number of carbonyl (C=O) groups excluding carboxylic acids is 2. The van der Waals surface area contributed by atoms with E-state index in [9.17, 15) is 9.59 Å². The van der Waals surface area contributed by atoms with E-state index in [2.05, 4.69) is 5.32 Å². The summed E-state index contributed by atoms with van der Waals surface area (Å²) in [5, 5.41) is 2.69. The van der Waals surface area contributed by atoms with Crippen LogP contribution in [0.25, 0.3) is 0 Å². The molecule has 2 unspecified atom stereocenters. The molecule has 2 aliphatic heterocycles. The molecular formula is C16H20N2O3. The van der Waals surface area contributed by atoms with Gasteiger partial charge < -0.3 is 15.0 Å². The van der Waals surface area contributed by atoms with Gasteiger partial charge >= 0.3 is 0 Å². The van der Waals surface area contributed by atoms with Gasteiger partial charge in [-0.05, 0) is 18.4 Å². The van der Waals surface area contributed by atoms with E-state index in [4.69, 9.17) is 4.74 Å². The summed E-state index contributed by atoms with van der Waals surface area (Å²) < 4.78 is 5.49. The number of piperazine rings is 1. The van der Waals surface area contributed by atoms with E-state index in [1.165, 1.54) is 0 Å². The van der Waals surface area contributed by atoms with Crippen molar-refractivity contribution in [3.63, 3.8) is 0 Å². The zero-order chi connectivity index (χ0) is 14.7. The van der Waals surface area contributed by atoms with E-state index < -0.39 is 6.04 Å². The molecule has 1 aromatic carbocycles. The van der Waals surface area contributed by atoms with Crippen LogP contribution in [0.1, 0.15) is 24.4 Å². The number of ether oxygens (including phenoxy) is 1. The third kappa shape index (κ3) is 3.08. The average Bonchev–Trinajstić information content (AvgIpc) is 2.53. The predicted molar refractivity (Wildman–Crippen MR) is 77.4 cm³/mol. The maximum Gasteiger partial charge on any atom is 0.247 e. The van der Waals surface area contributed by atoms with Crippen molar-refractivity contribution in [1.82, 2.24) is 10.2 Å². The van der Waals surface area contributed by atoms with E-state index in [-0.39, 0.29) is 18.4 Å². The molecule has 2 heterocycles. The summed E-state index contributed by atoms with van der Waals surface area (Å²) in [6.45, 7) is 2.15. The normalized spacial score (nSPS) is 26.6. The molecule has 21 heavy (non-hydrogen) atoms. The second-order valence-corrected chi connectivity index (χ2v) is 5.66. The molecule has 1 N–H and O–H groups in total. The molecule has 0 radical (unpaired) electrons. The van der Waals surface area contributed by atoms with Gasteiger partial charge in [-0.25, -0.2) is 0 Å². The average molecular weight is 288 g/mol. The highest BCUT2D eigenvalue weighted by Crippen LogP contribution is 2.26. The van der Waals surface area contributed by atoms with E-state index >= 15 is 0 Å². The summed E-state index contributed by atoms with van der Waals surface area (Å²) >= 11 is 0. The monoisotopic (exact) mass is 288 g/mol. The smallest absolute Gasteiger partial charge is 0.247 e. The summed E-state index contributed by atoms with van der Waals surface area (Å²) in [5.74, 6) is 0.200. The van der Waals surface area contributed by atoms with E-state index in [0.717, 1.165) is 25.0 Å². The van der Waals surface area contributed by atoms with E-state index in [1.54, 1.807) is 4.90 Å². The fourth-order valence-corrected chi connectivity index (χ4v) is 3.05. The molecule has 0 aliphatic carbocycles. The van der Waals surface area contributed by atoms with Crippen LogP contribution in [0.5, 0.6) is 0 Å². The fourth-order valence-electron chi connectivity index (χ4n) is 3.05. The van der Waals surface area contributed by atoms with E-state index in [0.29, 0.717) is 19.1 Å². The third-order valence-electron chi connectivity index (χ3n) is 4.12. The Kier molecular flexibility index (Phi) is 4.20. The molecule has 0 saturated carbocycles. The Balaban J connectivity index is 1.82. The highest BCUT2D eigenvalue weighted by atomic mass is 16.5. The summed E-state index contributed by atoms with van der Waals surface area (Å²) in [6, 6.07) is 8.97. The third-order valence-corrected chi connectivity index (χ3v) is 4.12. The van der Waals surface area contributed by atoms with Crippen LogP contribution in [-0.4, -0.2) is 43.0 Å². The second-order valence-electron chi connectivity index (χ2n) is 5.66. The lowest BCUT2D eigenvalue weighted by atomic mass is 9.97. The largest absolute Gasteiger partial charge is 0.381 e. The van der Waals surface area contributed by atoms with Crippen molar-refractivity contribution in [3.05, 3.63) is 35.9 Å². The Morgan fingerprint density at radius 3 is 2.76 bits per heavy atom. The molecule has 0 bridgehead atoms. The first kappa shape index (κ1) is 14.1. The Hall–Kier alpha value is -1.88. The fraction of sp³-hybridized carbons (Fsp3) is 0.500. The maximum absolute atomic E-state index is 12.3. The lowest BCUT2D eigenvalue weighted by Gasteiger charge is -2.38. The van der Waals surface area contributed by atoms with Crippen molar-refractivity contribution < 1.29 is 14.3 Å². The summed E-state index contributed by atoms with van der Waals surface area (Å²) in [4.78, 5) is 26.2. The first-order chi connectivity index (χ1) is 10.3. The molecule has 5 heteroatoms. The van der Waals surface area contributed by atoms with E-state index in [1.807, 2.05) is 30.3 Å². The first-order valence-corrected chi connectivity index (χ1v) is 7.45. The van der Waals surface area contributed by atoms with Crippen molar-refractivity contribution in [2.24, 2.45) is 5.92 Å². The number of rotatable bonds is 3. The van der Waals surface area contributed by atoms with Crippen molar-refractivity contribution in [1.29, 1.82) is 0 Å². The number of nitrogens with one attached hydrogen (secondary N) is 1. The zero-order valence-electron chi connectivity index (χ0n) is 12.0. The second kappa shape index (κ2) is 6.26. The summed E-state index contributed by atoms with van der Waals surface area (Å²) in [6.07, 6.45) is 2.07. The number of nitrogens with zero attached hydrogens (tertiary/aromatic N) is 1. The van der Waals surface area contributed by atoms with Gasteiger partial charge in [-0.3, -0.25) is 9.59 Å². The Morgan fingerprint density at radius 2 is 2.05 bits per heavy atom. The molecular weight excluding hydrogens is 268 g/mol. The molecule has 112 valence electrons. The minimum Gasteiger partial charge on any atom is -0.381 e. The Labute approximate surface area is 124 Å². The van der Waals surface area contributed by atoms with Gasteiger partial charge in [-0.1, -0.05) is 30.3 Å². The van der Waals surface area contributed by atoms with Crippen LogP contribution in [0.15, 0.2) is 30.3 Å². The van der Waals surface area contributed by atoms with Gasteiger partial charge in [-0.15, -0.1) is 0 Å². The zero-order valence-corrected chi connectivity index (χ0v) is 12.0. The van der Waals surface area contributed by atoms with Crippen LogP contribution in [-0.2, 0) is 14.3 Å². The minimum absolute atomic E-state index is 0.0194. The van der Waals surface area contributed by atoms with Crippen LogP contribution in [0.3, 0.4) is 0 Å². The molecule has 3 rings (SSSR count). The van der Waals surface area contributed by atoms with Gasteiger partial charge in [0.15, 0.2) is 0 Å². The van der Waals surface area contributed by atoms with Crippen molar-refractivity contribution in [2.45, 2.75) is 18.9 Å². The topological polar surface area (TPSA) is 58.6 Å². The molecule has 2 aliphatic rings. The minimum atomic E-state index is -0.519. The molecule has 2 fully saturated rings. The van der Waals surface area contributed by atoms with Crippen molar-refractivity contribution >= 4 is 11.8 Å². The van der Waals surface area contributed by atoms with Crippen LogP contribution >= 0.6 is 0 Å². The number of hydrogen-bond acceptors (Lipinski definition) is 3. The van der Waals surface area contributed by atoms with Gasteiger partial charge in [0.2, 0.25) is 11.8 Å². The van der Waals surface area contributed by atoms with Gasteiger partial charge in [0, 0.05) is 19.1 Å². The molecule has 1 aromatic rings. The van der Waals surface area contributed by atoms with Gasteiger partial charge in [0.25, 0.3) is 0 Å². The van der Waals surface area contributed by atoms with Crippen molar-refractivity contribution in [3.8, 4) is 0 Å². The van der Waals surface area contributed by atoms with Gasteiger partial charge in [-0.2, -0.15) is 0 Å². The summed E-state index contributed by atoms with van der Waals surface area (Å²) in [7, 11) is 0. The van der Waals surface area contributed by atoms with Gasteiger partial charge in [0.05, 0.1) is 13.2 Å². The summed E-state index contributed by atoms with van der Waals surface area (Å²) in [5.41, 5.74) is 0.861. The highest BCUT2D eigenvalue weighted by Gasteiger charge is 2.36. The maximum atomic E-state index is 12.3. The standard InChI is InChI=1S/C16H20N2O3/c19-14-9-17-16(20)15(13-6-2-1-3-7-13)18(14)10-12-5-4-8-21-11-12/h1-3,6-7,12,15H,4-5,8-11H2,(H,17,20). The number of benzene rings is 1. The molecule has 5 nitrogen and oxygen atoms in total. The van der Waals surface area contributed by atoms with Crippen LogP contribution < -0.4 is 5.32 Å². The molecule has 2 amide bonds. The Morgan fingerprint density at radius 1 is 1.24 bits per heavy atom. The van der Waals surface area contributed by atoms with Crippen LogP contribution in [0, 0.1) is 5.92 Å². The predicted octanol–water partition coefficient (Wildman–Crippen LogP) is 1.11. The number of hydrogen-bond donors (Lipinski definition) is 1. The lowest BCUT2D eigenvalue weighted by molar-refractivity contribution is -0.147. The number of carbonyl (C=O) groups is 2. The van der Waals surface area contributed by atoms with Crippen LogP contribution in [0.4, 0.5) is 0 Å². The molecule has 2 atom stereocenters. The molecule has 0 spiro atoms. The van der Waals surface area contributed by atoms with Crippen molar-refractivity contribution in [2.75, 3.05) is 26.3 Å². The number of amides is 2. The Bertz CT molecular complexity index is 512. The quantitative estimate of drug-likeness (QED) is 0.906. The van der Waals surface area contributed by atoms with Gasteiger partial charge in [0.1, 0.15) is 6.04 Å². The first-order valence-electron chi connectivity index (χ1n) is 7.45. The highest BCUT2D eigenvalue weighted by molar-refractivity contribution is 5.95. The SMILES string of the molecule is O=C1NCC(=O)N(CC2CCCOC2)C1c1ccccc1. The van der Waals surface area contributed by atoms with Crippen LogP contribution in [0.2, 0.25) is 0 Å².